The highest BCUT2D eigenvalue weighted by Crippen LogP contribution is 2.20. The van der Waals surface area contributed by atoms with Crippen LogP contribution in [0.15, 0.2) is 48.5 Å². The number of carbonyl (C=O) groups excluding carboxylic acids is 2. The van der Waals surface area contributed by atoms with Gasteiger partial charge in [0.25, 0.3) is 0 Å². The van der Waals surface area contributed by atoms with E-state index in [0.717, 1.165) is 22.5 Å². The van der Waals surface area contributed by atoms with Gasteiger partial charge in [0.2, 0.25) is 21.8 Å². The molecule has 2 atom stereocenters. The average Bonchev–Trinajstić information content (AvgIpc) is 2.80. The van der Waals surface area contributed by atoms with Crippen LogP contribution in [0.4, 0.5) is 10.1 Å². The molecule has 0 heterocycles. The largest absolute Gasteiger partial charge is 0.352 e. The molecule has 192 valence electrons. The number of nitrogens with zero attached hydrogens (tertiary/aromatic N) is 2. The topological polar surface area (TPSA) is 86.8 Å². The van der Waals surface area contributed by atoms with E-state index in [9.17, 15) is 22.4 Å². The maximum absolute atomic E-state index is 13.3. The van der Waals surface area contributed by atoms with Crippen LogP contribution in [0.1, 0.15) is 45.6 Å². The van der Waals surface area contributed by atoms with Crippen molar-refractivity contribution in [2.75, 3.05) is 17.1 Å². The van der Waals surface area contributed by atoms with Gasteiger partial charge in [-0.3, -0.25) is 13.9 Å². The van der Waals surface area contributed by atoms with E-state index in [1.807, 2.05) is 13.8 Å². The van der Waals surface area contributed by atoms with Gasteiger partial charge in [0, 0.05) is 30.6 Å². The fourth-order valence-electron chi connectivity index (χ4n) is 3.45. The van der Waals surface area contributed by atoms with Crippen molar-refractivity contribution in [2.24, 2.45) is 0 Å². The second kappa shape index (κ2) is 12.9. The van der Waals surface area contributed by atoms with Gasteiger partial charge in [-0.2, -0.15) is 0 Å². The van der Waals surface area contributed by atoms with Crippen LogP contribution in [0.25, 0.3) is 0 Å². The lowest BCUT2D eigenvalue weighted by atomic mass is 10.1. The molecule has 10 heteroatoms. The third kappa shape index (κ3) is 8.81. The van der Waals surface area contributed by atoms with Crippen molar-refractivity contribution in [3.63, 3.8) is 0 Å². The third-order valence-corrected chi connectivity index (χ3v) is 7.15. The Hall–Kier alpha value is -2.65. The molecule has 0 saturated heterocycles. The van der Waals surface area contributed by atoms with Crippen molar-refractivity contribution in [2.45, 2.75) is 58.7 Å². The second-order valence-electron chi connectivity index (χ2n) is 8.56. The summed E-state index contributed by atoms with van der Waals surface area (Å²) in [6.45, 7) is 5.77. The van der Waals surface area contributed by atoms with Gasteiger partial charge in [0.15, 0.2) is 0 Å². The first-order valence-electron chi connectivity index (χ1n) is 11.5. The molecule has 2 aromatic rings. The summed E-state index contributed by atoms with van der Waals surface area (Å²) in [4.78, 5) is 27.5. The number of nitrogens with one attached hydrogen (secondary N) is 1. The molecule has 1 N–H and O–H groups in total. The number of anilines is 1. The molecule has 0 bridgehead atoms. The maximum Gasteiger partial charge on any atom is 0.242 e. The van der Waals surface area contributed by atoms with Gasteiger partial charge in [0.05, 0.1) is 11.9 Å². The predicted molar refractivity (Wildman–Crippen MR) is 137 cm³/mol. The lowest BCUT2D eigenvalue weighted by Gasteiger charge is -2.30. The number of sulfonamides is 1. The fourth-order valence-corrected chi connectivity index (χ4v) is 4.54. The van der Waals surface area contributed by atoms with Crippen LogP contribution < -0.4 is 9.62 Å². The summed E-state index contributed by atoms with van der Waals surface area (Å²) in [5.74, 6) is -1.01. The molecular weight excluding hydrogens is 493 g/mol. The molecule has 0 aliphatic heterocycles. The number of rotatable bonds is 12. The van der Waals surface area contributed by atoms with Crippen molar-refractivity contribution in [3.8, 4) is 0 Å². The Morgan fingerprint density at radius 1 is 1.06 bits per heavy atom. The first kappa shape index (κ1) is 28.6. The first-order valence-corrected chi connectivity index (χ1v) is 13.7. The Labute approximate surface area is 212 Å². The highest BCUT2D eigenvalue weighted by atomic mass is 35.5. The van der Waals surface area contributed by atoms with E-state index >= 15 is 0 Å². The molecule has 2 aromatic carbocycles. The summed E-state index contributed by atoms with van der Waals surface area (Å²) in [6.07, 6.45) is 2.07. The molecule has 2 amide bonds. The van der Waals surface area contributed by atoms with Crippen LogP contribution in [0.3, 0.4) is 0 Å². The minimum absolute atomic E-state index is 0.0295. The number of benzene rings is 2. The zero-order valence-corrected chi connectivity index (χ0v) is 22.1. The van der Waals surface area contributed by atoms with Crippen LogP contribution >= 0.6 is 11.6 Å². The number of amides is 2. The summed E-state index contributed by atoms with van der Waals surface area (Å²) in [5.41, 5.74) is 1.13. The predicted octanol–water partition coefficient (Wildman–Crippen LogP) is 4.36. The monoisotopic (exact) mass is 525 g/mol. The zero-order valence-electron chi connectivity index (χ0n) is 20.5. The Balaban J connectivity index is 2.15. The van der Waals surface area contributed by atoms with E-state index in [1.54, 1.807) is 31.2 Å². The Morgan fingerprint density at radius 3 is 2.20 bits per heavy atom. The summed E-state index contributed by atoms with van der Waals surface area (Å²) in [5, 5.41) is 3.47. The average molecular weight is 526 g/mol. The SMILES string of the molecule is CCC(C)NC(=O)C(C)N(Cc1ccc(Cl)cc1)C(=O)CCCN(c1ccc(F)cc1)S(C)(=O)=O. The summed E-state index contributed by atoms with van der Waals surface area (Å²) < 4.78 is 39.0. The van der Waals surface area contributed by atoms with Crippen LogP contribution in [-0.4, -0.2) is 50.0 Å². The second-order valence-corrected chi connectivity index (χ2v) is 10.9. The van der Waals surface area contributed by atoms with Crippen molar-refractivity contribution >= 4 is 39.1 Å². The highest BCUT2D eigenvalue weighted by Gasteiger charge is 2.27. The van der Waals surface area contributed by atoms with E-state index < -0.39 is 21.9 Å². The Morgan fingerprint density at radius 2 is 1.66 bits per heavy atom. The molecule has 2 unspecified atom stereocenters. The maximum atomic E-state index is 13.3. The zero-order chi connectivity index (χ0) is 26.2. The molecule has 2 rings (SSSR count). The number of carbonyl (C=O) groups is 2. The molecule has 0 aliphatic carbocycles. The minimum Gasteiger partial charge on any atom is -0.352 e. The fraction of sp³-hybridized carbons (Fsp3) is 0.440. The van der Waals surface area contributed by atoms with Gasteiger partial charge in [-0.25, -0.2) is 12.8 Å². The summed E-state index contributed by atoms with van der Waals surface area (Å²) in [6, 6.07) is 11.4. The molecular formula is C25H33ClFN3O4S. The van der Waals surface area contributed by atoms with E-state index in [2.05, 4.69) is 5.32 Å². The lowest BCUT2D eigenvalue weighted by molar-refractivity contribution is -0.140. The van der Waals surface area contributed by atoms with Gasteiger partial charge >= 0.3 is 0 Å². The van der Waals surface area contributed by atoms with Crippen molar-refractivity contribution in [3.05, 3.63) is 64.9 Å². The molecule has 35 heavy (non-hydrogen) atoms. The van der Waals surface area contributed by atoms with E-state index in [4.69, 9.17) is 11.6 Å². The minimum atomic E-state index is -3.64. The van der Waals surface area contributed by atoms with Crippen molar-refractivity contribution in [1.82, 2.24) is 10.2 Å². The first-order chi connectivity index (χ1) is 16.4. The van der Waals surface area contributed by atoms with E-state index in [-0.39, 0.29) is 43.8 Å². The van der Waals surface area contributed by atoms with E-state index in [1.165, 1.54) is 29.2 Å². The van der Waals surface area contributed by atoms with Crippen LogP contribution in [-0.2, 0) is 26.2 Å². The standard InChI is InChI=1S/C25H33ClFN3O4S/c1-5-18(2)28-25(32)19(3)29(17-20-8-10-21(26)11-9-20)24(31)7-6-16-30(35(4,33)34)23-14-12-22(27)13-15-23/h8-15,18-19H,5-7,16-17H2,1-4H3,(H,28,32). The van der Waals surface area contributed by atoms with Crippen LogP contribution in [0.5, 0.6) is 0 Å². The smallest absolute Gasteiger partial charge is 0.242 e. The number of hydrogen-bond donors (Lipinski definition) is 1. The Bertz CT molecular complexity index is 1090. The lowest BCUT2D eigenvalue weighted by Crippen LogP contribution is -2.49. The molecule has 0 aromatic heterocycles. The van der Waals surface area contributed by atoms with Gasteiger partial charge in [-0.05, 0) is 68.7 Å². The van der Waals surface area contributed by atoms with Gasteiger partial charge < -0.3 is 10.2 Å². The summed E-state index contributed by atoms with van der Waals surface area (Å²) in [7, 11) is -3.64. The number of hydrogen-bond acceptors (Lipinski definition) is 4. The van der Waals surface area contributed by atoms with E-state index in [0.29, 0.717) is 10.7 Å². The quantitative estimate of drug-likeness (QED) is 0.446. The van der Waals surface area contributed by atoms with Gasteiger partial charge in [0.1, 0.15) is 11.9 Å². The highest BCUT2D eigenvalue weighted by molar-refractivity contribution is 7.92. The van der Waals surface area contributed by atoms with Gasteiger partial charge in [-0.1, -0.05) is 30.7 Å². The van der Waals surface area contributed by atoms with Crippen molar-refractivity contribution in [1.29, 1.82) is 0 Å². The normalized spacial score (nSPS) is 13.1. The number of halogens is 2. The molecule has 0 spiro atoms. The van der Waals surface area contributed by atoms with Crippen molar-refractivity contribution < 1.29 is 22.4 Å². The summed E-state index contributed by atoms with van der Waals surface area (Å²) >= 11 is 5.97. The molecule has 7 nitrogen and oxygen atoms in total. The van der Waals surface area contributed by atoms with Gasteiger partial charge in [-0.15, -0.1) is 0 Å². The van der Waals surface area contributed by atoms with Crippen LogP contribution in [0.2, 0.25) is 5.02 Å². The molecule has 0 radical (unpaired) electrons. The molecule has 0 fully saturated rings. The Kier molecular flexibility index (Phi) is 10.5. The van der Waals surface area contributed by atoms with Crippen LogP contribution in [0, 0.1) is 5.82 Å². The molecule has 0 aliphatic rings. The molecule has 0 saturated carbocycles. The third-order valence-electron chi connectivity index (χ3n) is 5.70.